The summed E-state index contributed by atoms with van der Waals surface area (Å²) in [6, 6.07) is 3.91. The van der Waals surface area contributed by atoms with Crippen LogP contribution in [0.5, 0.6) is 5.75 Å². The van der Waals surface area contributed by atoms with Gasteiger partial charge < -0.3 is 18.9 Å². The van der Waals surface area contributed by atoms with Gasteiger partial charge in [0.1, 0.15) is 11.3 Å². The van der Waals surface area contributed by atoms with Crippen LogP contribution in [0.1, 0.15) is 50.4 Å². The molecule has 11 heteroatoms. The molecule has 176 valence electrons. The molecule has 1 aromatic rings. The fourth-order valence-corrected chi connectivity index (χ4v) is 7.07. The van der Waals surface area contributed by atoms with Gasteiger partial charge in [-0.15, -0.1) is 0 Å². The van der Waals surface area contributed by atoms with Crippen molar-refractivity contribution < 1.29 is 36.7 Å². The highest BCUT2D eigenvalue weighted by Gasteiger charge is 2.34. The number of aromatic carboxylic acids is 1. The Morgan fingerprint density at radius 3 is 2.29 bits per heavy atom. The number of nitrogens with zero attached hydrogens (tertiary/aromatic N) is 1. The second-order valence-electron chi connectivity index (χ2n) is 7.29. The van der Waals surface area contributed by atoms with Gasteiger partial charge in [0.2, 0.25) is 10.0 Å². The smallest absolute Gasteiger partial charge is 0.339 e. The maximum absolute atomic E-state index is 13.1. The number of hydrogen-bond donors (Lipinski definition) is 1. The molecule has 0 spiro atoms. The maximum atomic E-state index is 13.1. The number of carbonyl (C=O) groups is 1. The van der Waals surface area contributed by atoms with Crippen molar-refractivity contribution in [1.29, 1.82) is 0 Å². The van der Waals surface area contributed by atoms with Gasteiger partial charge in [-0.1, -0.05) is 6.92 Å². The molecule has 0 radical (unpaired) electrons. The van der Waals surface area contributed by atoms with Crippen molar-refractivity contribution in [2.24, 2.45) is 5.92 Å². The van der Waals surface area contributed by atoms with Gasteiger partial charge in [0.25, 0.3) is 0 Å². The summed E-state index contributed by atoms with van der Waals surface area (Å²) < 4.78 is 56.3. The molecule has 0 bridgehead atoms. The third-order valence-corrected chi connectivity index (χ3v) is 9.15. The highest BCUT2D eigenvalue weighted by atomic mass is 32.2. The summed E-state index contributed by atoms with van der Waals surface area (Å²) in [7, 11) is -7.05. The molecular formula is C20H32NO8PS. The molecule has 0 amide bonds. The third-order valence-electron chi connectivity index (χ3n) is 4.99. The Kier molecular flexibility index (Phi) is 9.51. The molecule has 31 heavy (non-hydrogen) atoms. The molecule has 0 saturated carbocycles. The topological polar surface area (TPSA) is 119 Å². The molecule has 1 aromatic carbocycles. The lowest BCUT2D eigenvalue weighted by molar-refractivity contribution is 0.0692. The predicted octanol–water partition coefficient (Wildman–Crippen LogP) is 3.84. The fraction of sp³-hybridized carbons (Fsp3) is 0.650. The lowest BCUT2D eigenvalue weighted by Gasteiger charge is -2.32. The van der Waals surface area contributed by atoms with E-state index in [1.165, 1.54) is 16.4 Å². The van der Waals surface area contributed by atoms with Gasteiger partial charge in [0.05, 0.1) is 30.9 Å². The monoisotopic (exact) mass is 477 g/mol. The second kappa shape index (κ2) is 11.4. The number of ether oxygens (including phenoxy) is 1. The summed E-state index contributed by atoms with van der Waals surface area (Å²) in [5.74, 6) is -1.08. The number of hydrogen-bond acceptors (Lipinski definition) is 7. The first-order valence-corrected chi connectivity index (χ1v) is 13.7. The fourth-order valence-electron chi connectivity index (χ4n) is 3.51. The minimum absolute atomic E-state index is 0.0229. The Bertz CT molecular complexity index is 886. The number of carboxylic acid groups (broad SMARTS) is 1. The minimum Gasteiger partial charge on any atom is -0.493 e. The van der Waals surface area contributed by atoms with Crippen molar-refractivity contribution in [2.45, 2.75) is 44.9 Å². The lowest BCUT2D eigenvalue weighted by atomic mass is 10.0. The molecule has 1 heterocycles. The summed E-state index contributed by atoms with van der Waals surface area (Å²) in [6.45, 7) is 6.82. The molecule has 1 aliphatic rings. The van der Waals surface area contributed by atoms with E-state index >= 15 is 0 Å². The summed E-state index contributed by atoms with van der Waals surface area (Å²) >= 11 is 0. The van der Waals surface area contributed by atoms with Crippen molar-refractivity contribution in [1.82, 2.24) is 4.31 Å². The summed E-state index contributed by atoms with van der Waals surface area (Å²) in [5.41, 5.74) is -0.182. The molecule has 1 saturated heterocycles. The van der Waals surface area contributed by atoms with Gasteiger partial charge >= 0.3 is 13.6 Å². The maximum Gasteiger partial charge on any atom is 0.339 e. The molecule has 1 N–H and O–H groups in total. The molecule has 0 aromatic heterocycles. The Labute approximate surface area is 184 Å². The highest BCUT2D eigenvalue weighted by Crippen LogP contribution is 2.51. The predicted molar refractivity (Wildman–Crippen MR) is 116 cm³/mol. The van der Waals surface area contributed by atoms with E-state index in [1.807, 2.05) is 6.92 Å². The van der Waals surface area contributed by atoms with E-state index in [0.717, 1.165) is 6.07 Å². The average Bonchev–Trinajstić information content (AvgIpc) is 2.72. The van der Waals surface area contributed by atoms with E-state index in [0.29, 0.717) is 25.9 Å². The third kappa shape index (κ3) is 6.76. The average molecular weight is 478 g/mol. The van der Waals surface area contributed by atoms with Crippen LogP contribution in [0.4, 0.5) is 0 Å². The molecular weight excluding hydrogens is 445 g/mol. The van der Waals surface area contributed by atoms with Crippen LogP contribution in [0.25, 0.3) is 0 Å². The second-order valence-corrected chi connectivity index (χ2v) is 11.3. The molecule has 1 fully saturated rings. The van der Waals surface area contributed by atoms with E-state index < -0.39 is 23.6 Å². The van der Waals surface area contributed by atoms with Crippen LogP contribution in [-0.4, -0.2) is 62.9 Å². The van der Waals surface area contributed by atoms with Crippen molar-refractivity contribution >= 4 is 23.6 Å². The number of benzene rings is 1. The number of rotatable bonds is 12. The SMILES string of the molecule is CCCOc1ccc(S(=O)(=O)N2CCC(CP(=O)(OCC)OCC)CC2)cc1C(=O)O. The Balaban J connectivity index is 2.11. The summed E-state index contributed by atoms with van der Waals surface area (Å²) in [4.78, 5) is 11.5. The first-order valence-electron chi connectivity index (χ1n) is 10.5. The van der Waals surface area contributed by atoms with E-state index in [4.69, 9.17) is 13.8 Å². The van der Waals surface area contributed by atoms with E-state index in [2.05, 4.69) is 0 Å². The van der Waals surface area contributed by atoms with Gasteiger partial charge in [-0.3, -0.25) is 4.57 Å². The summed E-state index contributed by atoms with van der Waals surface area (Å²) in [6.07, 6.45) is 2.00. The van der Waals surface area contributed by atoms with Crippen LogP contribution in [0, 0.1) is 5.92 Å². The van der Waals surface area contributed by atoms with Crippen molar-refractivity contribution in [3.63, 3.8) is 0 Å². The summed E-state index contributed by atoms with van der Waals surface area (Å²) in [5, 5.41) is 9.46. The van der Waals surface area contributed by atoms with Crippen LogP contribution in [0.15, 0.2) is 23.1 Å². The first kappa shape index (κ1) is 25.8. The van der Waals surface area contributed by atoms with Crippen LogP contribution in [0.2, 0.25) is 0 Å². The van der Waals surface area contributed by atoms with Gasteiger partial charge in [-0.05, 0) is 57.2 Å². The van der Waals surface area contributed by atoms with E-state index in [-0.39, 0.29) is 54.6 Å². The van der Waals surface area contributed by atoms with E-state index in [9.17, 15) is 22.9 Å². The molecule has 2 rings (SSSR count). The van der Waals surface area contributed by atoms with Crippen LogP contribution >= 0.6 is 7.60 Å². The molecule has 9 nitrogen and oxygen atoms in total. The van der Waals surface area contributed by atoms with Crippen LogP contribution in [-0.2, 0) is 23.6 Å². The molecule has 1 aliphatic heterocycles. The standard InChI is InChI=1S/C20H32NO8PS/c1-4-13-27-19-8-7-17(14-18(19)20(22)23)31(25,26)21-11-9-16(10-12-21)15-30(24,28-5-2)29-6-3/h7-8,14,16H,4-6,9-13,15H2,1-3H3,(H,22,23). The Hall–Kier alpha value is -1.45. The molecule has 0 aliphatic carbocycles. The van der Waals surface area contributed by atoms with Gasteiger partial charge in [-0.25, -0.2) is 13.2 Å². The molecule has 0 atom stereocenters. The number of carboxylic acids is 1. The van der Waals surface area contributed by atoms with Gasteiger partial charge in [0, 0.05) is 13.1 Å². The zero-order valence-electron chi connectivity index (χ0n) is 18.3. The van der Waals surface area contributed by atoms with Gasteiger partial charge in [0.15, 0.2) is 0 Å². The van der Waals surface area contributed by atoms with Crippen LogP contribution in [0.3, 0.4) is 0 Å². The van der Waals surface area contributed by atoms with Gasteiger partial charge in [-0.2, -0.15) is 4.31 Å². The first-order chi connectivity index (χ1) is 14.7. The van der Waals surface area contributed by atoms with E-state index in [1.54, 1.807) is 13.8 Å². The zero-order chi connectivity index (χ0) is 23.1. The number of sulfonamides is 1. The Morgan fingerprint density at radius 1 is 1.16 bits per heavy atom. The minimum atomic E-state index is -3.86. The lowest BCUT2D eigenvalue weighted by Crippen LogP contribution is -2.39. The normalized spacial score (nSPS) is 16.4. The number of piperidine rings is 1. The van der Waals surface area contributed by atoms with Crippen molar-refractivity contribution in [2.75, 3.05) is 39.1 Å². The zero-order valence-corrected chi connectivity index (χ0v) is 20.0. The highest BCUT2D eigenvalue weighted by molar-refractivity contribution is 7.89. The van der Waals surface area contributed by atoms with Crippen LogP contribution < -0.4 is 4.74 Å². The molecule has 0 unspecified atom stereocenters. The Morgan fingerprint density at radius 2 is 1.77 bits per heavy atom. The van der Waals surface area contributed by atoms with Crippen molar-refractivity contribution in [3.8, 4) is 5.75 Å². The largest absolute Gasteiger partial charge is 0.493 e. The quantitative estimate of drug-likeness (QED) is 0.451. The van der Waals surface area contributed by atoms with Crippen molar-refractivity contribution in [3.05, 3.63) is 23.8 Å².